The van der Waals surface area contributed by atoms with E-state index in [1.807, 2.05) is 0 Å². The summed E-state index contributed by atoms with van der Waals surface area (Å²) in [7, 11) is -3.71. The van der Waals surface area contributed by atoms with Gasteiger partial charge in [-0.15, -0.1) is 0 Å². The zero-order chi connectivity index (χ0) is 23.3. The number of nitriles is 1. The molecule has 0 aliphatic carbocycles. The quantitative estimate of drug-likeness (QED) is 0.519. The molecule has 8 heteroatoms. The molecule has 0 radical (unpaired) electrons. The lowest BCUT2D eigenvalue weighted by Crippen LogP contribution is -2.30. The van der Waals surface area contributed by atoms with Gasteiger partial charge in [-0.25, -0.2) is 8.42 Å². The maximum absolute atomic E-state index is 13.2. The first-order valence-corrected chi connectivity index (χ1v) is 11.8. The van der Waals surface area contributed by atoms with E-state index in [0.29, 0.717) is 35.3 Å². The van der Waals surface area contributed by atoms with Crippen molar-refractivity contribution in [2.75, 3.05) is 18.4 Å². The minimum atomic E-state index is -3.71. The molecule has 6 nitrogen and oxygen atoms in total. The molecule has 0 atom stereocenters. The smallest absolute Gasteiger partial charge is 0.256 e. The van der Waals surface area contributed by atoms with Gasteiger partial charge in [0.15, 0.2) is 0 Å². The van der Waals surface area contributed by atoms with Gasteiger partial charge in [0, 0.05) is 24.2 Å². The Bertz CT molecular complexity index is 1300. The molecule has 0 unspecified atom stereocenters. The van der Waals surface area contributed by atoms with Crippen LogP contribution in [0.15, 0.2) is 71.6 Å². The third-order valence-corrected chi connectivity index (χ3v) is 7.41. The van der Waals surface area contributed by atoms with Crippen molar-refractivity contribution >= 4 is 33.2 Å². The van der Waals surface area contributed by atoms with Gasteiger partial charge < -0.3 is 5.32 Å². The summed E-state index contributed by atoms with van der Waals surface area (Å²) < 4.78 is 27.1. The lowest BCUT2D eigenvalue weighted by molar-refractivity contribution is 0.102. The third-order valence-electron chi connectivity index (χ3n) is 5.04. The van der Waals surface area contributed by atoms with Crippen LogP contribution in [0.4, 0.5) is 5.69 Å². The first kappa shape index (κ1) is 23.5. The second kappa shape index (κ2) is 9.96. The van der Waals surface area contributed by atoms with Crippen molar-refractivity contribution in [2.24, 2.45) is 0 Å². The van der Waals surface area contributed by atoms with E-state index in [9.17, 15) is 18.5 Å². The highest BCUT2D eigenvalue weighted by atomic mass is 35.5. The van der Waals surface area contributed by atoms with Crippen molar-refractivity contribution in [3.05, 3.63) is 82.9 Å². The summed E-state index contributed by atoms with van der Waals surface area (Å²) in [5.41, 5.74) is 2.18. The second-order valence-electron chi connectivity index (χ2n) is 6.89. The number of sulfonamides is 1. The predicted molar refractivity (Wildman–Crippen MR) is 126 cm³/mol. The molecule has 32 heavy (non-hydrogen) atoms. The monoisotopic (exact) mass is 467 g/mol. The fraction of sp³-hybridized carbons (Fsp3) is 0.167. The summed E-state index contributed by atoms with van der Waals surface area (Å²) >= 11 is 6.26. The molecule has 0 heterocycles. The molecule has 1 amide bonds. The van der Waals surface area contributed by atoms with E-state index >= 15 is 0 Å². The second-order valence-corrected chi connectivity index (χ2v) is 9.23. The Balaban J connectivity index is 2.00. The molecule has 0 saturated heterocycles. The van der Waals surface area contributed by atoms with Crippen molar-refractivity contribution < 1.29 is 13.2 Å². The summed E-state index contributed by atoms with van der Waals surface area (Å²) in [6.07, 6.45) is 0. The van der Waals surface area contributed by atoms with Crippen LogP contribution in [0.1, 0.15) is 29.8 Å². The number of hydrogen-bond acceptors (Lipinski definition) is 4. The number of rotatable bonds is 7. The molecule has 1 N–H and O–H groups in total. The average Bonchev–Trinajstić information content (AvgIpc) is 2.81. The average molecular weight is 468 g/mol. The van der Waals surface area contributed by atoms with Gasteiger partial charge in [0.25, 0.3) is 5.91 Å². The summed E-state index contributed by atoms with van der Waals surface area (Å²) in [4.78, 5) is 13.2. The number of halogens is 1. The molecule has 0 aromatic heterocycles. The van der Waals surface area contributed by atoms with Crippen molar-refractivity contribution in [1.82, 2.24) is 4.31 Å². The van der Waals surface area contributed by atoms with Crippen molar-refractivity contribution in [1.29, 1.82) is 5.26 Å². The van der Waals surface area contributed by atoms with Gasteiger partial charge in [-0.2, -0.15) is 9.57 Å². The Morgan fingerprint density at radius 3 is 2.28 bits per heavy atom. The fourth-order valence-corrected chi connectivity index (χ4v) is 5.04. The van der Waals surface area contributed by atoms with Gasteiger partial charge in [0.2, 0.25) is 10.0 Å². The van der Waals surface area contributed by atoms with Crippen LogP contribution in [-0.4, -0.2) is 31.7 Å². The number of carbonyl (C=O) groups is 1. The van der Waals surface area contributed by atoms with E-state index in [-0.39, 0.29) is 15.6 Å². The van der Waals surface area contributed by atoms with Crippen LogP contribution in [0.2, 0.25) is 5.02 Å². The maximum Gasteiger partial charge on any atom is 0.256 e. The van der Waals surface area contributed by atoms with Crippen molar-refractivity contribution in [3.8, 4) is 17.2 Å². The predicted octanol–water partition coefficient (Wildman–Crippen LogP) is 5.16. The van der Waals surface area contributed by atoms with Gasteiger partial charge >= 0.3 is 0 Å². The van der Waals surface area contributed by atoms with Crippen molar-refractivity contribution in [3.63, 3.8) is 0 Å². The highest BCUT2D eigenvalue weighted by Crippen LogP contribution is 2.30. The molecule has 0 bridgehead atoms. The molecule has 0 saturated carbocycles. The van der Waals surface area contributed by atoms with Gasteiger partial charge in [-0.05, 0) is 35.9 Å². The lowest BCUT2D eigenvalue weighted by Gasteiger charge is -2.19. The minimum Gasteiger partial charge on any atom is -0.321 e. The number of amides is 1. The number of carbonyl (C=O) groups excluding carboxylic acids is 1. The Morgan fingerprint density at radius 1 is 1.00 bits per heavy atom. The van der Waals surface area contributed by atoms with Crippen LogP contribution in [-0.2, 0) is 10.0 Å². The molecule has 0 fully saturated rings. The highest BCUT2D eigenvalue weighted by Gasteiger charge is 2.23. The summed E-state index contributed by atoms with van der Waals surface area (Å²) in [5, 5.41) is 12.4. The SMILES string of the molecule is CCN(CC)S(=O)(=O)c1ccc(Cl)c(NC(=O)c2ccccc2-c2ccccc2C#N)c1. The molecule has 164 valence electrons. The Morgan fingerprint density at radius 2 is 1.62 bits per heavy atom. The van der Waals surface area contributed by atoms with E-state index in [1.54, 1.807) is 62.4 Å². The normalized spacial score (nSPS) is 11.2. The van der Waals surface area contributed by atoms with E-state index in [1.165, 1.54) is 22.5 Å². The maximum atomic E-state index is 13.2. The van der Waals surface area contributed by atoms with Gasteiger partial charge in [-0.1, -0.05) is 61.8 Å². The standard InChI is InChI=1S/C24H22ClN3O3S/c1-3-28(4-2)32(30,31)18-13-14-22(25)23(15-18)27-24(29)21-12-8-7-11-20(21)19-10-6-5-9-17(19)16-26/h5-15H,3-4H2,1-2H3,(H,27,29). The highest BCUT2D eigenvalue weighted by molar-refractivity contribution is 7.89. The number of benzene rings is 3. The van der Waals surface area contributed by atoms with Gasteiger partial charge in [0.05, 0.1) is 27.2 Å². The zero-order valence-electron chi connectivity index (χ0n) is 17.7. The zero-order valence-corrected chi connectivity index (χ0v) is 19.2. The third kappa shape index (κ3) is 4.68. The molecule has 0 spiro atoms. The number of nitrogens with zero attached hydrogens (tertiary/aromatic N) is 2. The Labute approximate surface area is 193 Å². The van der Waals surface area contributed by atoms with Crippen LogP contribution in [0.3, 0.4) is 0 Å². The number of nitrogens with one attached hydrogen (secondary N) is 1. The minimum absolute atomic E-state index is 0.0454. The molecule has 3 aromatic carbocycles. The molecular formula is C24H22ClN3O3S. The van der Waals surface area contributed by atoms with E-state index in [2.05, 4.69) is 11.4 Å². The fourth-order valence-electron chi connectivity index (χ4n) is 3.39. The van der Waals surface area contributed by atoms with Gasteiger partial charge in [-0.3, -0.25) is 4.79 Å². The van der Waals surface area contributed by atoms with E-state index in [0.717, 1.165) is 0 Å². The Hall–Kier alpha value is -3.18. The Kier molecular flexibility index (Phi) is 7.31. The van der Waals surface area contributed by atoms with E-state index < -0.39 is 15.9 Å². The van der Waals surface area contributed by atoms with Crippen LogP contribution < -0.4 is 5.32 Å². The summed E-state index contributed by atoms with van der Waals surface area (Å²) in [6, 6.07) is 20.3. The molecule has 3 rings (SSSR count). The van der Waals surface area contributed by atoms with Crippen LogP contribution in [0, 0.1) is 11.3 Å². The first-order chi connectivity index (χ1) is 15.3. The lowest BCUT2D eigenvalue weighted by atomic mass is 9.95. The summed E-state index contributed by atoms with van der Waals surface area (Å²) in [6.45, 7) is 4.18. The largest absolute Gasteiger partial charge is 0.321 e. The summed E-state index contributed by atoms with van der Waals surface area (Å²) in [5.74, 6) is -0.465. The first-order valence-electron chi connectivity index (χ1n) is 10.0. The van der Waals surface area contributed by atoms with Crippen LogP contribution in [0.25, 0.3) is 11.1 Å². The number of hydrogen-bond donors (Lipinski definition) is 1. The molecule has 3 aromatic rings. The molecule has 0 aliphatic rings. The van der Waals surface area contributed by atoms with Crippen LogP contribution in [0.5, 0.6) is 0 Å². The topological polar surface area (TPSA) is 90.3 Å². The molecular weight excluding hydrogens is 446 g/mol. The number of anilines is 1. The molecule has 0 aliphatic heterocycles. The van der Waals surface area contributed by atoms with Crippen molar-refractivity contribution in [2.45, 2.75) is 18.7 Å². The van der Waals surface area contributed by atoms with Crippen LogP contribution >= 0.6 is 11.6 Å². The van der Waals surface area contributed by atoms with Gasteiger partial charge in [0.1, 0.15) is 0 Å². The van der Waals surface area contributed by atoms with E-state index in [4.69, 9.17) is 11.6 Å².